The Kier molecular flexibility index (Phi) is 4.68. The van der Waals surface area contributed by atoms with Gasteiger partial charge in [-0.05, 0) is 19.1 Å². The van der Waals surface area contributed by atoms with E-state index in [0.29, 0.717) is 36.0 Å². The molecule has 1 aromatic carbocycles. The molecule has 7 heteroatoms. The summed E-state index contributed by atoms with van der Waals surface area (Å²) in [6, 6.07) is 4.66. The number of fused-ring (bicyclic) bond motifs is 1. The SMILES string of the molecule is CCNC(=O)Oc1ccc2c(c1)OCN(CCCl)C2=O. The third-order valence-electron chi connectivity index (χ3n) is 2.73. The smallest absolute Gasteiger partial charge is 0.412 e. The Labute approximate surface area is 121 Å². The summed E-state index contributed by atoms with van der Waals surface area (Å²) in [6.07, 6.45) is -0.543. The minimum atomic E-state index is -0.543. The molecule has 0 saturated heterocycles. The van der Waals surface area contributed by atoms with Crippen LogP contribution in [0.1, 0.15) is 17.3 Å². The summed E-state index contributed by atoms with van der Waals surface area (Å²) in [6.45, 7) is 2.84. The normalized spacial score (nSPS) is 13.5. The number of carbonyl (C=O) groups excluding carboxylic acids is 2. The lowest BCUT2D eigenvalue weighted by Gasteiger charge is -2.28. The van der Waals surface area contributed by atoms with Gasteiger partial charge in [-0.2, -0.15) is 0 Å². The summed E-state index contributed by atoms with van der Waals surface area (Å²) in [5, 5.41) is 2.51. The molecular weight excluding hydrogens is 284 g/mol. The molecule has 20 heavy (non-hydrogen) atoms. The summed E-state index contributed by atoms with van der Waals surface area (Å²) in [5.41, 5.74) is 0.435. The van der Waals surface area contributed by atoms with E-state index in [2.05, 4.69) is 5.32 Å². The van der Waals surface area contributed by atoms with Crippen molar-refractivity contribution in [3.8, 4) is 11.5 Å². The van der Waals surface area contributed by atoms with Crippen molar-refractivity contribution in [2.24, 2.45) is 0 Å². The van der Waals surface area contributed by atoms with Crippen LogP contribution in [0.25, 0.3) is 0 Å². The van der Waals surface area contributed by atoms with Crippen LogP contribution >= 0.6 is 11.6 Å². The zero-order valence-corrected chi connectivity index (χ0v) is 11.8. The highest BCUT2D eigenvalue weighted by Gasteiger charge is 2.25. The molecule has 1 N–H and O–H groups in total. The van der Waals surface area contributed by atoms with Crippen LogP contribution in [-0.2, 0) is 0 Å². The first-order valence-corrected chi connectivity index (χ1v) is 6.77. The molecule has 6 nitrogen and oxygen atoms in total. The number of halogens is 1. The average molecular weight is 299 g/mol. The van der Waals surface area contributed by atoms with E-state index >= 15 is 0 Å². The Balaban J connectivity index is 2.13. The summed E-state index contributed by atoms with van der Waals surface area (Å²) >= 11 is 5.63. The van der Waals surface area contributed by atoms with Gasteiger partial charge in [0.05, 0.1) is 5.56 Å². The van der Waals surface area contributed by atoms with Crippen LogP contribution in [-0.4, -0.2) is 42.6 Å². The van der Waals surface area contributed by atoms with E-state index in [-0.39, 0.29) is 12.6 Å². The lowest BCUT2D eigenvalue weighted by Crippen LogP contribution is -2.39. The maximum Gasteiger partial charge on any atom is 0.412 e. The molecule has 0 unspecified atom stereocenters. The minimum absolute atomic E-state index is 0.142. The predicted molar refractivity (Wildman–Crippen MR) is 73.4 cm³/mol. The molecule has 1 heterocycles. The summed E-state index contributed by atoms with van der Waals surface area (Å²) in [7, 11) is 0. The van der Waals surface area contributed by atoms with Crippen molar-refractivity contribution in [3.63, 3.8) is 0 Å². The van der Waals surface area contributed by atoms with E-state index in [9.17, 15) is 9.59 Å². The maximum atomic E-state index is 12.1. The fraction of sp³-hybridized carbons (Fsp3) is 0.385. The van der Waals surface area contributed by atoms with Crippen LogP contribution in [0, 0.1) is 0 Å². The number of benzene rings is 1. The van der Waals surface area contributed by atoms with Crippen molar-refractivity contribution in [1.29, 1.82) is 0 Å². The summed E-state index contributed by atoms with van der Waals surface area (Å²) in [5.74, 6) is 0.940. The van der Waals surface area contributed by atoms with E-state index in [1.54, 1.807) is 19.1 Å². The second kappa shape index (κ2) is 6.47. The Morgan fingerprint density at radius 3 is 3.05 bits per heavy atom. The molecule has 0 aliphatic carbocycles. The fourth-order valence-corrected chi connectivity index (χ4v) is 2.00. The van der Waals surface area contributed by atoms with E-state index in [0.717, 1.165) is 0 Å². The van der Waals surface area contributed by atoms with Gasteiger partial charge >= 0.3 is 6.09 Å². The van der Waals surface area contributed by atoms with Gasteiger partial charge in [0.15, 0.2) is 6.73 Å². The predicted octanol–water partition coefficient (Wildman–Crippen LogP) is 1.83. The monoisotopic (exact) mass is 298 g/mol. The van der Waals surface area contributed by atoms with Gasteiger partial charge in [-0.25, -0.2) is 4.79 Å². The second-order valence-electron chi connectivity index (χ2n) is 4.11. The second-order valence-corrected chi connectivity index (χ2v) is 4.49. The number of nitrogens with one attached hydrogen (secondary N) is 1. The Hall–Kier alpha value is -1.95. The van der Waals surface area contributed by atoms with Gasteiger partial charge in [0, 0.05) is 25.0 Å². The molecule has 0 bridgehead atoms. The van der Waals surface area contributed by atoms with Crippen molar-refractivity contribution in [2.45, 2.75) is 6.92 Å². The topological polar surface area (TPSA) is 67.9 Å². The fourth-order valence-electron chi connectivity index (χ4n) is 1.79. The van der Waals surface area contributed by atoms with Crippen molar-refractivity contribution in [3.05, 3.63) is 23.8 Å². The zero-order chi connectivity index (χ0) is 14.5. The Bertz CT molecular complexity index is 521. The number of hydrogen-bond donors (Lipinski definition) is 1. The number of carbonyl (C=O) groups is 2. The van der Waals surface area contributed by atoms with Crippen LogP contribution in [0.3, 0.4) is 0 Å². The highest BCUT2D eigenvalue weighted by Crippen LogP contribution is 2.29. The first-order valence-electron chi connectivity index (χ1n) is 6.23. The number of ether oxygens (including phenoxy) is 2. The van der Waals surface area contributed by atoms with Gasteiger partial charge in [-0.15, -0.1) is 11.6 Å². The lowest BCUT2D eigenvalue weighted by molar-refractivity contribution is 0.0540. The maximum absolute atomic E-state index is 12.1. The first kappa shape index (κ1) is 14.5. The van der Waals surface area contributed by atoms with Crippen LogP contribution < -0.4 is 14.8 Å². The van der Waals surface area contributed by atoms with Gasteiger partial charge in [0.2, 0.25) is 0 Å². The molecule has 1 aliphatic heterocycles. The number of amides is 2. The third kappa shape index (κ3) is 3.14. The molecule has 1 aliphatic rings. The van der Waals surface area contributed by atoms with Crippen molar-refractivity contribution in [1.82, 2.24) is 10.2 Å². The van der Waals surface area contributed by atoms with Crippen LogP contribution in [0.5, 0.6) is 11.5 Å². The molecule has 0 atom stereocenters. The standard InChI is InChI=1S/C13H15ClN2O4/c1-2-15-13(18)20-9-3-4-10-11(7-9)19-8-16(6-5-14)12(10)17/h3-4,7H,2,5-6,8H2,1H3,(H,15,18). The summed E-state index contributed by atoms with van der Waals surface area (Å²) in [4.78, 5) is 24.9. The molecular formula is C13H15ClN2O4. The highest BCUT2D eigenvalue weighted by atomic mass is 35.5. The largest absolute Gasteiger partial charge is 0.472 e. The number of rotatable bonds is 4. The van der Waals surface area contributed by atoms with Crippen molar-refractivity contribution in [2.75, 3.05) is 25.7 Å². The number of hydrogen-bond acceptors (Lipinski definition) is 4. The average Bonchev–Trinajstić information content (AvgIpc) is 2.42. The van der Waals surface area contributed by atoms with Crippen LogP contribution in [0.2, 0.25) is 0 Å². The molecule has 0 saturated carbocycles. The van der Waals surface area contributed by atoms with E-state index in [4.69, 9.17) is 21.1 Å². The van der Waals surface area contributed by atoms with Gasteiger partial charge < -0.3 is 19.7 Å². The van der Waals surface area contributed by atoms with Crippen LogP contribution in [0.15, 0.2) is 18.2 Å². The van der Waals surface area contributed by atoms with Gasteiger partial charge in [-0.3, -0.25) is 4.79 Å². The van der Waals surface area contributed by atoms with Crippen LogP contribution in [0.4, 0.5) is 4.79 Å². The van der Waals surface area contributed by atoms with E-state index in [1.807, 2.05) is 0 Å². The van der Waals surface area contributed by atoms with Gasteiger partial charge in [-0.1, -0.05) is 0 Å². The molecule has 2 rings (SSSR count). The minimum Gasteiger partial charge on any atom is -0.472 e. The molecule has 0 radical (unpaired) electrons. The molecule has 108 valence electrons. The molecule has 0 fully saturated rings. The molecule has 2 amide bonds. The van der Waals surface area contributed by atoms with Gasteiger partial charge in [0.1, 0.15) is 11.5 Å². The zero-order valence-electron chi connectivity index (χ0n) is 11.0. The summed E-state index contributed by atoms with van der Waals surface area (Å²) < 4.78 is 10.5. The van der Waals surface area contributed by atoms with E-state index in [1.165, 1.54) is 11.0 Å². The number of nitrogens with zero attached hydrogens (tertiary/aromatic N) is 1. The first-order chi connectivity index (χ1) is 9.65. The molecule has 0 aromatic heterocycles. The Morgan fingerprint density at radius 1 is 1.55 bits per heavy atom. The lowest BCUT2D eigenvalue weighted by atomic mass is 10.1. The van der Waals surface area contributed by atoms with Gasteiger partial charge in [0.25, 0.3) is 5.91 Å². The third-order valence-corrected chi connectivity index (χ3v) is 2.90. The number of alkyl halides is 1. The van der Waals surface area contributed by atoms with Crippen molar-refractivity contribution < 1.29 is 19.1 Å². The molecule has 0 spiro atoms. The van der Waals surface area contributed by atoms with E-state index < -0.39 is 6.09 Å². The Morgan fingerprint density at radius 2 is 2.35 bits per heavy atom. The van der Waals surface area contributed by atoms with Crippen molar-refractivity contribution >= 4 is 23.6 Å². The highest BCUT2D eigenvalue weighted by molar-refractivity contribution is 6.18. The quantitative estimate of drug-likeness (QED) is 0.861. The molecule has 1 aromatic rings.